The molecule has 1 aromatic heterocycles. The molecule has 1 rings (SSSR count). The molecule has 0 atom stereocenters. The molecule has 0 aliphatic rings. The highest BCUT2D eigenvalue weighted by atomic mass is 35.5. The number of halogens is 2. The second-order valence-corrected chi connectivity index (χ2v) is 4.42. The van der Waals surface area contributed by atoms with Crippen LogP contribution in [0.5, 0.6) is 0 Å². The molecular weight excluding hydrogens is 207 g/mol. The summed E-state index contributed by atoms with van der Waals surface area (Å²) in [5.74, 6) is 0. The zero-order valence-electron chi connectivity index (χ0n) is 7.86. The Morgan fingerprint density at radius 1 is 1.31 bits per heavy atom. The summed E-state index contributed by atoms with van der Waals surface area (Å²) >= 11 is 11.8. The molecule has 0 saturated carbocycles. The maximum Gasteiger partial charge on any atom is 0.0786 e. The van der Waals surface area contributed by atoms with Crippen LogP contribution in [0.25, 0.3) is 0 Å². The quantitative estimate of drug-likeness (QED) is 0.788. The molecule has 72 valence electrons. The number of hydrogen-bond donors (Lipinski definition) is 1. The Labute approximate surface area is 88.1 Å². The number of pyridine rings is 1. The SMILES string of the molecule is Cc1nc(C(C)(C)N)c(Cl)cc1Cl. The average molecular weight is 219 g/mol. The second kappa shape index (κ2) is 3.45. The van der Waals surface area contributed by atoms with Gasteiger partial charge in [-0.2, -0.15) is 0 Å². The van der Waals surface area contributed by atoms with Crippen molar-refractivity contribution in [1.82, 2.24) is 4.98 Å². The Balaban J connectivity index is 3.32. The zero-order chi connectivity index (χ0) is 10.2. The Hall–Kier alpha value is -0.310. The van der Waals surface area contributed by atoms with Crippen LogP contribution in [0, 0.1) is 6.92 Å². The first-order valence-electron chi connectivity index (χ1n) is 3.94. The molecule has 4 heteroatoms. The lowest BCUT2D eigenvalue weighted by Crippen LogP contribution is -2.30. The Bertz CT molecular complexity index is 329. The van der Waals surface area contributed by atoms with Gasteiger partial charge in [-0.25, -0.2) is 0 Å². The molecule has 2 N–H and O–H groups in total. The number of nitrogens with two attached hydrogens (primary N) is 1. The molecule has 0 bridgehead atoms. The van der Waals surface area contributed by atoms with Crippen LogP contribution in [0.15, 0.2) is 6.07 Å². The third-order valence-electron chi connectivity index (χ3n) is 1.72. The fourth-order valence-electron chi connectivity index (χ4n) is 1.01. The molecule has 2 nitrogen and oxygen atoms in total. The smallest absolute Gasteiger partial charge is 0.0786 e. The van der Waals surface area contributed by atoms with Gasteiger partial charge in [-0.15, -0.1) is 0 Å². The molecule has 0 unspecified atom stereocenters. The van der Waals surface area contributed by atoms with Crippen LogP contribution in [0.4, 0.5) is 0 Å². The van der Waals surface area contributed by atoms with E-state index in [1.165, 1.54) is 0 Å². The zero-order valence-corrected chi connectivity index (χ0v) is 9.37. The van der Waals surface area contributed by atoms with E-state index in [1.807, 2.05) is 20.8 Å². The summed E-state index contributed by atoms with van der Waals surface area (Å²) in [5, 5.41) is 1.08. The summed E-state index contributed by atoms with van der Waals surface area (Å²) in [5.41, 5.74) is 6.78. The maximum absolute atomic E-state index is 5.96. The fraction of sp³-hybridized carbons (Fsp3) is 0.444. The predicted molar refractivity (Wildman–Crippen MR) is 56.2 cm³/mol. The van der Waals surface area contributed by atoms with E-state index in [1.54, 1.807) is 6.07 Å². The average Bonchev–Trinajstić information content (AvgIpc) is 1.94. The van der Waals surface area contributed by atoms with Crippen molar-refractivity contribution in [3.63, 3.8) is 0 Å². The van der Waals surface area contributed by atoms with Crippen molar-refractivity contribution in [1.29, 1.82) is 0 Å². The van der Waals surface area contributed by atoms with Crippen molar-refractivity contribution in [3.8, 4) is 0 Å². The summed E-state index contributed by atoms with van der Waals surface area (Å²) in [4.78, 5) is 4.25. The van der Waals surface area contributed by atoms with Gasteiger partial charge in [0.15, 0.2) is 0 Å². The van der Waals surface area contributed by atoms with E-state index in [0.717, 1.165) is 5.69 Å². The molecule has 0 aliphatic heterocycles. The topological polar surface area (TPSA) is 38.9 Å². The molecule has 0 aromatic carbocycles. The molecule has 0 radical (unpaired) electrons. The molecule has 1 aromatic rings. The molecule has 13 heavy (non-hydrogen) atoms. The summed E-state index contributed by atoms with van der Waals surface area (Å²) in [7, 11) is 0. The Kier molecular flexibility index (Phi) is 2.85. The van der Waals surface area contributed by atoms with Crippen molar-refractivity contribution >= 4 is 23.2 Å². The Morgan fingerprint density at radius 3 is 2.31 bits per heavy atom. The monoisotopic (exact) mass is 218 g/mol. The lowest BCUT2D eigenvalue weighted by atomic mass is 10.0. The lowest BCUT2D eigenvalue weighted by Gasteiger charge is -2.20. The van der Waals surface area contributed by atoms with Crippen molar-refractivity contribution in [2.75, 3.05) is 0 Å². The van der Waals surface area contributed by atoms with E-state index < -0.39 is 5.54 Å². The van der Waals surface area contributed by atoms with Crippen molar-refractivity contribution in [2.24, 2.45) is 5.73 Å². The molecule has 1 heterocycles. The van der Waals surface area contributed by atoms with E-state index in [2.05, 4.69) is 4.98 Å². The van der Waals surface area contributed by atoms with E-state index in [4.69, 9.17) is 28.9 Å². The molecule has 0 aliphatic carbocycles. The van der Waals surface area contributed by atoms with Gasteiger partial charge in [0.25, 0.3) is 0 Å². The van der Waals surface area contributed by atoms with E-state index in [0.29, 0.717) is 15.7 Å². The van der Waals surface area contributed by atoms with Gasteiger partial charge in [0.1, 0.15) is 0 Å². The van der Waals surface area contributed by atoms with Crippen LogP contribution < -0.4 is 5.73 Å². The minimum absolute atomic E-state index is 0.517. The number of hydrogen-bond acceptors (Lipinski definition) is 2. The van der Waals surface area contributed by atoms with Gasteiger partial charge >= 0.3 is 0 Å². The highest BCUT2D eigenvalue weighted by Crippen LogP contribution is 2.27. The minimum Gasteiger partial charge on any atom is -0.321 e. The number of rotatable bonds is 1. The largest absolute Gasteiger partial charge is 0.321 e. The lowest BCUT2D eigenvalue weighted by molar-refractivity contribution is 0.534. The number of nitrogens with zero attached hydrogens (tertiary/aromatic N) is 1. The summed E-state index contributed by atoms with van der Waals surface area (Å²) in [6, 6.07) is 1.68. The van der Waals surface area contributed by atoms with Gasteiger partial charge in [-0.1, -0.05) is 23.2 Å². The van der Waals surface area contributed by atoms with Gasteiger partial charge < -0.3 is 5.73 Å². The molecular formula is C9H12Cl2N2. The van der Waals surface area contributed by atoms with Gasteiger partial charge in [-0.05, 0) is 26.8 Å². The van der Waals surface area contributed by atoms with Crippen molar-refractivity contribution in [3.05, 3.63) is 27.5 Å². The van der Waals surface area contributed by atoms with Crippen LogP contribution >= 0.6 is 23.2 Å². The molecule has 0 amide bonds. The van der Waals surface area contributed by atoms with Gasteiger partial charge in [-0.3, -0.25) is 4.98 Å². The Morgan fingerprint density at radius 2 is 1.85 bits per heavy atom. The number of aryl methyl sites for hydroxylation is 1. The second-order valence-electron chi connectivity index (χ2n) is 3.61. The summed E-state index contributed by atoms with van der Waals surface area (Å²) < 4.78 is 0. The third-order valence-corrected chi connectivity index (χ3v) is 2.39. The van der Waals surface area contributed by atoms with Gasteiger partial charge in [0, 0.05) is 0 Å². The molecule has 0 fully saturated rings. The normalized spacial score (nSPS) is 11.8. The fourth-order valence-corrected chi connectivity index (χ4v) is 1.61. The predicted octanol–water partition coefficient (Wildman–Crippen LogP) is 2.89. The molecule has 0 saturated heterocycles. The summed E-state index contributed by atoms with van der Waals surface area (Å²) in [6.07, 6.45) is 0. The first-order valence-corrected chi connectivity index (χ1v) is 4.70. The number of aromatic nitrogens is 1. The van der Waals surface area contributed by atoms with Crippen LogP contribution in [-0.4, -0.2) is 4.98 Å². The van der Waals surface area contributed by atoms with Crippen LogP contribution in [-0.2, 0) is 5.54 Å². The van der Waals surface area contributed by atoms with Crippen molar-refractivity contribution < 1.29 is 0 Å². The van der Waals surface area contributed by atoms with Gasteiger partial charge in [0.2, 0.25) is 0 Å². The maximum atomic E-state index is 5.96. The van der Waals surface area contributed by atoms with Crippen LogP contribution in [0.2, 0.25) is 10.0 Å². The highest BCUT2D eigenvalue weighted by Gasteiger charge is 2.20. The third kappa shape index (κ3) is 2.33. The van der Waals surface area contributed by atoms with Gasteiger partial charge in [0.05, 0.1) is 27.0 Å². The first kappa shape index (κ1) is 10.8. The first-order chi connectivity index (χ1) is 5.82. The molecule has 0 spiro atoms. The minimum atomic E-state index is -0.535. The van der Waals surface area contributed by atoms with Crippen LogP contribution in [0.3, 0.4) is 0 Å². The van der Waals surface area contributed by atoms with E-state index >= 15 is 0 Å². The van der Waals surface area contributed by atoms with E-state index in [9.17, 15) is 0 Å². The van der Waals surface area contributed by atoms with Crippen molar-refractivity contribution in [2.45, 2.75) is 26.3 Å². The van der Waals surface area contributed by atoms with E-state index in [-0.39, 0.29) is 0 Å². The standard InChI is InChI=1S/C9H12Cl2N2/c1-5-6(10)4-7(11)8(13-5)9(2,3)12/h4H,12H2,1-3H3. The summed E-state index contributed by atoms with van der Waals surface area (Å²) in [6.45, 7) is 5.54. The van der Waals surface area contributed by atoms with Crippen LogP contribution in [0.1, 0.15) is 25.2 Å². The highest BCUT2D eigenvalue weighted by molar-refractivity contribution is 6.35.